The highest BCUT2D eigenvalue weighted by molar-refractivity contribution is 7.99. The Balaban J connectivity index is 0.000000231. The van der Waals surface area contributed by atoms with E-state index in [9.17, 15) is 9.59 Å². The van der Waals surface area contributed by atoms with E-state index in [-0.39, 0.29) is 19.0 Å². The maximum absolute atomic E-state index is 10.9. The van der Waals surface area contributed by atoms with Gasteiger partial charge in [0, 0.05) is 24.3 Å². The summed E-state index contributed by atoms with van der Waals surface area (Å²) < 4.78 is 4.79. The lowest BCUT2D eigenvalue weighted by Crippen LogP contribution is -2.31. The van der Waals surface area contributed by atoms with Crippen LogP contribution >= 0.6 is 11.8 Å². The molecule has 0 aromatic rings. The van der Waals surface area contributed by atoms with Crippen molar-refractivity contribution in [1.82, 2.24) is 10.6 Å². The van der Waals surface area contributed by atoms with Crippen molar-refractivity contribution in [3.8, 4) is 0 Å². The Labute approximate surface area is 136 Å². The van der Waals surface area contributed by atoms with E-state index < -0.39 is 5.97 Å². The minimum absolute atomic E-state index is 0.0566. The van der Waals surface area contributed by atoms with Gasteiger partial charge < -0.3 is 20.5 Å². The number of esters is 1. The summed E-state index contributed by atoms with van der Waals surface area (Å²) in [6.07, 6.45) is 2.68. The number of unbranched alkanes of at least 4 members (excludes halogenated alkanes) is 1. The van der Waals surface area contributed by atoms with Crippen molar-refractivity contribution in [3.63, 3.8) is 0 Å². The Morgan fingerprint density at radius 2 is 1.91 bits per heavy atom. The van der Waals surface area contributed by atoms with Gasteiger partial charge in [-0.05, 0) is 12.8 Å². The molecule has 2 fully saturated rings. The van der Waals surface area contributed by atoms with Crippen LogP contribution in [0.3, 0.4) is 0 Å². The second kappa shape index (κ2) is 10.4. The van der Waals surface area contributed by atoms with Gasteiger partial charge in [-0.2, -0.15) is 11.8 Å². The Morgan fingerprint density at radius 3 is 2.45 bits per heavy atom. The van der Waals surface area contributed by atoms with Gasteiger partial charge >= 0.3 is 11.9 Å². The number of fused-ring (bicyclic) bond motifs is 1. The molecule has 2 atom stereocenters. The fraction of sp³-hybridized carbons (Fsp3) is 0.733. The van der Waals surface area contributed by atoms with Gasteiger partial charge in [-0.1, -0.05) is 19.9 Å². The zero-order valence-corrected chi connectivity index (χ0v) is 13.9. The number of carboxylic acids is 1. The van der Waals surface area contributed by atoms with Crippen molar-refractivity contribution in [2.24, 2.45) is 0 Å². The summed E-state index contributed by atoms with van der Waals surface area (Å²) in [5.74, 6) is 2.38. The first-order valence-corrected chi connectivity index (χ1v) is 8.85. The maximum Gasteiger partial charge on any atom is 0.305 e. The van der Waals surface area contributed by atoms with Gasteiger partial charge in [0.2, 0.25) is 0 Å². The molecule has 2 rings (SSSR count). The Bertz CT molecular complexity index is 376. The highest BCUT2D eigenvalue weighted by atomic mass is 32.2. The lowest BCUT2D eigenvalue weighted by atomic mass is 10.2. The van der Waals surface area contributed by atoms with Crippen LogP contribution in [0, 0.1) is 0 Å². The molecular formula is C15H26N2O4S. The van der Waals surface area contributed by atoms with E-state index in [0.717, 1.165) is 18.7 Å². The molecule has 0 radical (unpaired) electrons. The van der Waals surface area contributed by atoms with Crippen molar-refractivity contribution < 1.29 is 19.4 Å². The van der Waals surface area contributed by atoms with Crippen molar-refractivity contribution in [3.05, 3.63) is 12.4 Å². The number of carboxylic acid groups (broad SMARTS) is 1. The molecule has 0 amide bonds. The van der Waals surface area contributed by atoms with Crippen LogP contribution in [0.4, 0.5) is 0 Å². The molecule has 2 heterocycles. The second-order valence-corrected chi connectivity index (χ2v) is 6.41. The number of hydrogen-bond acceptors (Lipinski definition) is 6. The minimum Gasteiger partial charge on any atom is -0.481 e. The van der Waals surface area contributed by atoms with Gasteiger partial charge in [0.1, 0.15) is 0 Å². The van der Waals surface area contributed by atoms with Gasteiger partial charge in [0.05, 0.1) is 24.5 Å². The lowest BCUT2D eigenvalue weighted by molar-refractivity contribution is -0.145. The molecule has 0 saturated carbocycles. The van der Waals surface area contributed by atoms with Crippen molar-refractivity contribution >= 4 is 23.7 Å². The molecule has 0 aliphatic carbocycles. The first-order valence-electron chi connectivity index (χ1n) is 7.70. The molecule has 2 unspecified atom stereocenters. The second-order valence-electron chi connectivity index (χ2n) is 5.34. The van der Waals surface area contributed by atoms with Crippen LogP contribution in [0.25, 0.3) is 0 Å². The molecule has 0 bridgehead atoms. The molecule has 2 aliphatic heterocycles. The number of aliphatic carboxylic acids is 1. The van der Waals surface area contributed by atoms with Crippen molar-refractivity contribution in [2.75, 3.05) is 18.1 Å². The summed E-state index contributed by atoms with van der Waals surface area (Å²) in [6, 6.07) is 1.31. The molecule has 126 valence electrons. The van der Waals surface area contributed by atoms with Gasteiger partial charge in [-0.25, -0.2) is 0 Å². The van der Waals surface area contributed by atoms with E-state index in [1.807, 2.05) is 18.7 Å². The Morgan fingerprint density at radius 1 is 1.27 bits per heavy atom. The van der Waals surface area contributed by atoms with Crippen molar-refractivity contribution in [2.45, 2.75) is 51.1 Å². The van der Waals surface area contributed by atoms with E-state index in [1.165, 1.54) is 11.5 Å². The highest BCUT2D eigenvalue weighted by Gasteiger charge is 2.32. The predicted octanol–water partition coefficient (Wildman–Crippen LogP) is 1.72. The minimum atomic E-state index is -0.857. The number of thioether (sulfide) groups is 1. The van der Waals surface area contributed by atoms with Crippen LogP contribution in [0.5, 0.6) is 0 Å². The van der Waals surface area contributed by atoms with Crippen LogP contribution in [0.15, 0.2) is 12.4 Å². The normalized spacial score (nSPS) is 22.0. The summed E-state index contributed by atoms with van der Waals surface area (Å²) in [4.78, 5) is 21.0. The summed E-state index contributed by atoms with van der Waals surface area (Å²) >= 11 is 2.00. The van der Waals surface area contributed by atoms with Crippen LogP contribution in [0.1, 0.15) is 39.0 Å². The molecule has 2 aliphatic rings. The Hall–Kier alpha value is -1.37. The maximum atomic E-state index is 10.9. The topological polar surface area (TPSA) is 87.7 Å². The van der Waals surface area contributed by atoms with Crippen LogP contribution in [-0.2, 0) is 14.3 Å². The molecule has 0 aromatic heterocycles. The first-order chi connectivity index (χ1) is 10.5. The standard InChI is InChI=1S/C9H16O4.C6H10N2S/c1-2-3-6-9(12)13-7-4-5-8(10)11;1-4-7-5-2-9-3-6(5)8-4/h2-7H2,1H3,(H,10,11);5-8H,1-3H2. The lowest BCUT2D eigenvalue weighted by Gasteiger charge is -2.03. The van der Waals surface area contributed by atoms with E-state index in [1.54, 1.807) is 0 Å². The van der Waals surface area contributed by atoms with Gasteiger partial charge in [-0.15, -0.1) is 0 Å². The molecule has 3 N–H and O–H groups in total. The van der Waals surface area contributed by atoms with Crippen LogP contribution < -0.4 is 10.6 Å². The van der Waals surface area contributed by atoms with Gasteiger partial charge in [0.25, 0.3) is 0 Å². The summed E-state index contributed by atoms with van der Waals surface area (Å²) in [5, 5.41) is 14.9. The molecule has 2 saturated heterocycles. The third-order valence-corrected chi connectivity index (χ3v) is 4.52. The third-order valence-electron chi connectivity index (χ3n) is 3.33. The predicted molar refractivity (Wildman–Crippen MR) is 87.7 cm³/mol. The van der Waals surface area contributed by atoms with E-state index in [4.69, 9.17) is 9.84 Å². The summed E-state index contributed by atoms with van der Waals surface area (Å²) in [5.41, 5.74) is 0. The average Bonchev–Trinajstić information content (AvgIpc) is 3.02. The number of nitrogens with one attached hydrogen (secondary N) is 2. The fourth-order valence-electron chi connectivity index (χ4n) is 2.13. The fourth-order valence-corrected chi connectivity index (χ4v) is 3.41. The average molecular weight is 330 g/mol. The van der Waals surface area contributed by atoms with Crippen LogP contribution in [0.2, 0.25) is 0 Å². The van der Waals surface area contributed by atoms with Crippen molar-refractivity contribution in [1.29, 1.82) is 0 Å². The van der Waals surface area contributed by atoms with Gasteiger partial charge in [0.15, 0.2) is 0 Å². The Kier molecular flexibility index (Phi) is 8.81. The SMILES string of the molecule is C=C1NC2CSCC2N1.CCCCC(=O)OCCCC(=O)O. The molecule has 0 spiro atoms. The summed E-state index contributed by atoms with van der Waals surface area (Å²) in [7, 11) is 0. The zero-order chi connectivity index (χ0) is 16.4. The van der Waals surface area contributed by atoms with E-state index >= 15 is 0 Å². The zero-order valence-electron chi connectivity index (χ0n) is 13.1. The molecule has 22 heavy (non-hydrogen) atoms. The van der Waals surface area contributed by atoms with Gasteiger partial charge in [-0.3, -0.25) is 9.59 Å². The van der Waals surface area contributed by atoms with Crippen LogP contribution in [-0.4, -0.2) is 47.2 Å². The molecule has 7 heteroatoms. The smallest absolute Gasteiger partial charge is 0.305 e. The monoisotopic (exact) mass is 330 g/mol. The van der Waals surface area contributed by atoms with E-state index in [2.05, 4.69) is 17.2 Å². The number of carbonyl (C=O) groups excluding carboxylic acids is 1. The molecule has 6 nitrogen and oxygen atoms in total. The first kappa shape index (κ1) is 18.7. The number of rotatable bonds is 7. The largest absolute Gasteiger partial charge is 0.481 e. The quantitative estimate of drug-likeness (QED) is 0.484. The molecule has 0 aromatic carbocycles. The molecular weight excluding hydrogens is 304 g/mol. The summed E-state index contributed by atoms with van der Waals surface area (Å²) in [6.45, 7) is 6.02. The highest BCUT2D eigenvalue weighted by Crippen LogP contribution is 2.22. The number of hydrogen-bond donors (Lipinski definition) is 3. The van der Waals surface area contributed by atoms with E-state index in [0.29, 0.717) is 24.9 Å². The number of carbonyl (C=O) groups is 2. The third kappa shape index (κ3) is 7.59. The number of ether oxygens (including phenoxy) is 1.